The molecule has 1 aliphatic rings. The van der Waals surface area contributed by atoms with Gasteiger partial charge in [-0.2, -0.15) is 14.9 Å². The molecule has 8 heteroatoms. The molecule has 0 radical (unpaired) electrons. The molecule has 1 fully saturated rings. The summed E-state index contributed by atoms with van der Waals surface area (Å²) in [5, 5.41) is 25.3. The number of nitrogens with zero attached hydrogens (tertiary/aromatic N) is 7. The van der Waals surface area contributed by atoms with Gasteiger partial charge in [-0.05, 0) is 38.0 Å². The van der Waals surface area contributed by atoms with Crippen molar-refractivity contribution >= 4 is 17.2 Å². The van der Waals surface area contributed by atoms with Crippen molar-refractivity contribution < 1.29 is 0 Å². The van der Waals surface area contributed by atoms with Gasteiger partial charge in [-0.3, -0.25) is 0 Å². The van der Waals surface area contributed by atoms with E-state index in [2.05, 4.69) is 36.6 Å². The van der Waals surface area contributed by atoms with Crippen molar-refractivity contribution in [1.29, 1.82) is 5.26 Å². The molecule has 25 heavy (non-hydrogen) atoms. The predicted molar refractivity (Wildman–Crippen MR) is 93.3 cm³/mol. The first-order valence-electron chi connectivity index (χ1n) is 8.29. The summed E-state index contributed by atoms with van der Waals surface area (Å²) in [4.78, 5) is 6.56. The molecule has 0 bridgehead atoms. The highest BCUT2D eigenvalue weighted by molar-refractivity contribution is 5.67. The maximum absolute atomic E-state index is 9.25. The van der Waals surface area contributed by atoms with Crippen LogP contribution < -0.4 is 10.2 Å². The molecule has 8 nitrogen and oxygen atoms in total. The average molecular weight is 334 g/mol. The second-order valence-corrected chi connectivity index (χ2v) is 6.19. The first-order valence-corrected chi connectivity index (χ1v) is 8.29. The Morgan fingerprint density at radius 2 is 2.16 bits per heavy atom. The maximum Gasteiger partial charge on any atom is 0.200 e. The van der Waals surface area contributed by atoms with Crippen LogP contribution >= 0.6 is 0 Å². The summed E-state index contributed by atoms with van der Waals surface area (Å²) < 4.78 is 1.69. The molecular formula is C17H18N8. The molecule has 0 amide bonds. The van der Waals surface area contributed by atoms with Crippen molar-refractivity contribution in [3.05, 3.63) is 42.0 Å². The summed E-state index contributed by atoms with van der Waals surface area (Å²) in [5.74, 6) is 0.781. The largest absolute Gasteiger partial charge is 0.379 e. The molecule has 3 aromatic heterocycles. The topological polar surface area (TPSA) is 95.0 Å². The molecule has 0 saturated carbocycles. The quantitative estimate of drug-likeness (QED) is 0.780. The molecule has 0 spiro atoms. The van der Waals surface area contributed by atoms with Crippen LogP contribution in [0.4, 0.5) is 11.5 Å². The number of nitrogens with one attached hydrogen (secondary N) is 1. The van der Waals surface area contributed by atoms with Gasteiger partial charge in [0.15, 0.2) is 0 Å². The van der Waals surface area contributed by atoms with E-state index in [1.807, 2.05) is 19.1 Å². The van der Waals surface area contributed by atoms with E-state index in [9.17, 15) is 5.26 Å². The lowest BCUT2D eigenvalue weighted by molar-refractivity contribution is 0.523. The van der Waals surface area contributed by atoms with Crippen LogP contribution in [-0.4, -0.2) is 43.9 Å². The van der Waals surface area contributed by atoms with Crippen LogP contribution in [0.1, 0.15) is 24.1 Å². The fourth-order valence-corrected chi connectivity index (χ4v) is 3.25. The second kappa shape index (κ2) is 6.36. The molecule has 1 aliphatic heterocycles. The minimum absolute atomic E-state index is 0.341. The normalized spacial score (nSPS) is 15.3. The van der Waals surface area contributed by atoms with Crippen molar-refractivity contribution in [2.24, 2.45) is 0 Å². The molecular weight excluding hydrogens is 316 g/mol. The SMILES string of the molecule is Cc1cc(NC2CCN(c3ncccc3C#N)CC2)c2nncn2n1. The summed E-state index contributed by atoms with van der Waals surface area (Å²) >= 11 is 0. The number of aromatic nitrogens is 5. The van der Waals surface area contributed by atoms with Gasteiger partial charge in [-0.15, -0.1) is 10.2 Å². The number of pyridine rings is 1. The molecule has 1 saturated heterocycles. The van der Waals surface area contributed by atoms with E-state index in [0.29, 0.717) is 11.6 Å². The van der Waals surface area contributed by atoms with Crippen molar-refractivity contribution in [3.8, 4) is 6.07 Å². The van der Waals surface area contributed by atoms with Crippen molar-refractivity contribution in [3.63, 3.8) is 0 Å². The number of rotatable bonds is 3. The van der Waals surface area contributed by atoms with Crippen LogP contribution in [0.3, 0.4) is 0 Å². The van der Waals surface area contributed by atoms with Crippen LogP contribution in [0.15, 0.2) is 30.7 Å². The predicted octanol–water partition coefficient (Wildman–Crippen LogP) is 1.78. The van der Waals surface area contributed by atoms with E-state index in [1.54, 1.807) is 23.1 Å². The zero-order chi connectivity index (χ0) is 17.2. The zero-order valence-electron chi connectivity index (χ0n) is 13.9. The standard InChI is InChI=1S/C17H18N8/c1-12-9-15(17-22-20-11-25(17)23-12)21-14-4-7-24(8-5-14)16-13(10-18)3-2-6-19-16/h2-3,6,9,11,14,21H,4-5,7-8H2,1H3. The van der Waals surface area contributed by atoms with Gasteiger partial charge >= 0.3 is 0 Å². The van der Waals surface area contributed by atoms with Gasteiger partial charge in [-0.25, -0.2) is 4.98 Å². The van der Waals surface area contributed by atoms with Gasteiger partial charge in [0.1, 0.15) is 18.2 Å². The van der Waals surface area contributed by atoms with Crippen LogP contribution in [-0.2, 0) is 0 Å². The molecule has 126 valence electrons. The van der Waals surface area contributed by atoms with E-state index in [4.69, 9.17) is 0 Å². The number of nitriles is 1. The Labute approximate surface area is 145 Å². The summed E-state index contributed by atoms with van der Waals surface area (Å²) in [5.41, 5.74) is 3.24. The lowest BCUT2D eigenvalue weighted by Gasteiger charge is -2.34. The summed E-state index contributed by atoms with van der Waals surface area (Å²) in [7, 11) is 0. The molecule has 4 heterocycles. The Bertz CT molecular complexity index is 933. The molecule has 0 aliphatic carbocycles. The molecule has 4 rings (SSSR count). The number of anilines is 2. The first kappa shape index (κ1) is 15.3. The highest BCUT2D eigenvalue weighted by Crippen LogP contribution is 2.24. The number of aryl methyl sites for hydroxylation is 1. The van der Waals surface area contributed by atoms with E-state index >= 15 is 0 Å². The first-order chi connectivity index (χ1) is 12.2. The number of piperidine rings is 1. The Balaban J connectivity index is 1.47. The third-order valence-corrected chi connectivity index (χ3v) is 4.45. The van der Waals surface area contributed by atoms with Gasteiger partial charge in [0.05, 0.1) is 16.9 Å². The summed E-state index contributed by atoms with van der Waals surface area (Å²) in [6.45, 7) is 3.67. The summed E-state index contributed by atoms with van der Waals surface area (Å²) in [6, 6.07) is 8.18. The van der Waals surface area contributed by atoms with E-state index in [-0.39, 0.29) is 0 Å². The lowest BCUT2D eigenvalue weighted by atomic mass is 10.0. The molecule has 1 N–H and O–H groups in total. The minimum Gasteiger partial charge on any atom is -0.379 e. The van der Waals surface area contributed by atoms with E-state index in [0.717, 1.165) is 48.8 Å². The Morgan fingerprint density at radius 1 is 1.32 bits per heavy atom. The fraction of sp³-hybridized carbons (Fsp3) is 0.353. The van der Waals surface area contributed by atoms with Crippen molar-refractivity contribution in [2.45, 2.75) is 25.8 Å². The van der Waals surface area contributed by atoms with E-state index in [1.165, 1.54) is 0 Å². The maximum atomic E-state index is 9.25. The third kappa shape index (κ3) is 2.96. The monoisotopic (exact) mass is 334 g/mol. The zero-order valence-corrected chi connectivity index (χ0v) is 13.9. The van der Waals surface area contributed by atoms with Crippen molar-refractivity contribution in [1.82, 2.24) is 24.8 Å². The lowest BCUT2D eigenvalue weighted by Crippen LogP contribution is -2.40. The average Bonchev–Trinajstić information content (AvgIpc) is 3.11. The second-order valence-electron chi connectivity index (χ2n) is 6.19. The molecule has 0 unspecified atom stereocenters. The van der Waals surface area contributed by atoms with Crippen LogP contribution in [0, 0.1) is 18.3 Å². The third-order valence-electron chi connectivity index (χ3n) is 4.45. The van der Waals surface area contributed by atoms with Crippen LogP contribution in [0.25, 0.3) is 5.65 Å². The van der Waals surface area contributed by atoms with Crippen LogP contribution in [0.2, 0.25) is 0 Å². The summed E-state index contributed by atoms with van der Waals surface area (Å²) in [6.07, 6.45) is 5.27. The molecule has 3 aromatic rings. The molecule has 0 aromatic carbocycles. The van der Waals surface area contributed by atoms with Gasteiger partial charge < -0.3 is 10.2 Å². The number of hydrogen-bond donors (Lipinski definition) is 1. The number of hydrogen-bond acceptors (Lipinski definition) is 7. The Kier molecular flexibility index (Phi) is 3.90. The molecule has 0 atom stereocenters. The smallest absolute Gasteiger partial charge is 0.200 e. The van der Waals surface area contributed by atoms with E-state index < -0.39 is 0 Å². The van der Waals surface area contributed by atoms with Gasteiger partial charge in [0.2, 0.25) is 5.65 Å². The Morgan fingerprint density at radius 3 is 2.96 bits per heavy atom. The van der Waals surface area contributed by atoms with Gasteiger partial charge in [0, 0.05) is 25.3 Å². The number of fused-ring (bicyclic) bond motifs is 1. The minimum atomic E-state index is 0.341. The fourth-order valence-electron chi connectivity index (χ4n) is 3.25. The van der Waals surface area contributed by atoms with Crippen molar-refractivity contribution in [2.75, 3.05) is 23.3 Å². The van der Waals surface area contributed by atoms with Crippen LogP contribution in [0.5, 0.6) is 0 Å². The van der Waals surface area contributed by atoms with Gasteiger partial charge in [-0.1, -0.05) is 0 Å². The highest BCUT2D eigenvalue weighted by atomic mass is 15.3. The highest BCUT2D eigenvalue weighted by Gasteiger charge is 2.22. The Hall–Kier alpha value is -3.21. The van der Waals surface area contributed by atoms with Gasteiger partial charge in [0.25, 0.3) is 0 Å².